The number of halogens is 1. The first-order chi connectivity index (χ1) is 9.72. The third kappa shape index (κ3) is 2.88. The van der Waals surface area contributed by atoms with Crippen LogP contribution in [0.5, 0.6) is 0 Å². The van der Waals surface area contributed by atoms with Crippen molar-refractivity contribution in [3.8, 4) is 0 Å². The fraction of sp³-hybridized carbons (Fsp3) is 0.647. The van der Waals surface area contributed by atoms with Crippen LogP contribution in [0, 0.1) is 5.41 Å². The Labute approximate surface area is 126 Å². The summed E-state index contributed by atoms with van der Waals surface area (Å²) in [4.78, 5) is 0. The molecule has 2 aliphatic rings. The Morgan fingerprint density at radius 2 is 1.90 bits per heavy atom. The van der Waals surface area contributed by atoms with E-state index >= 15 is 0 Å². The molecule has 0 atom stereocenters. The lowest BCUT2D eigenvalue weighted by molar-refractivity contribution is 0.117. The van der Waals surface area contributed by atoms with E-state index in [-0.39, 0.29) is 5.41 Å². The van der Waals surface area contributed by atoms with E-state index in [1.165, 1.54) is 44.1 Å². The third-order valence-corrected chi connectivity index (χ3v) is 5.59. The highest BCUT2D eigenvalue weighted by atomic mass is 35.5. The molecule has 0 radical (unpaired) electrons. The molecule has 0 spiro atoms. The summed E-state index contributed by atoms with van der Waals surface area (Å²) in [6.07, 6.45) is 7.25. The van der Waals surface area contributed by atoms with Gasteiger partial charge in [0.1, 0.15) is 0 Å². The van der Waals surface area contributed by atoms with Crippen LogP contribution in [-0.2, 0) is 0 Å². The lowest BCUT2D eigenvalue weighted by atomic mass is 9.75. The lowest BCUT2D eigenvalue weighted by Crippen LogP contribution is -2.46. The number of hydrogen-bond acceptors (Lipinski definition) is 2. The molecule has 0 saturated heterocycles. The maximum atomic E-state index is 9.63. The van der Waals surface area contributed by atoms with E-state index in [9.17, 15) is 5.11 Å². The molecule has 0 amide bonds. The highest BCUT2D eigenvalue weighted by Crippen LogP contribution is 2.41. The Kier molecular flexibility index (Phi) is 4.34. The van der Waals surface area contributed by atoms with Crippen LogP contribution in [0.2, 0.25) is 5.02 Å². The van der Waals surface area contributed by atoms with Crippen molar-refractivity contribution in [2.75, 3.05) is 13.2 Å². The summed E-state index contributed by atoms with van der Waals surface area (Å²) < 4.78 is 0. The molecule has 3 rings (SSSR count). The van der Waals surface area contributed by atoms with Crippen molar-refractivity contribution in [1.82, 2.24) is 5.32 Å². The van der Waals surface area contributed by atoms with Gasteiger partial charge < -0.3 is 10.4 Å². The summed E-state index contributed by atoms with van der Waals surface area (Å²) in [6.45, 7) is 1.31. The standard InChI is InChI=1S/C17H24ClNO/c18-16-6-2-1-5-15(16)13-9-14(10-13)19-11-17(12-20)7-3-4-8-17/h1-2,5-6,13-14,19-20H,3-4,7-12H2. The highest BCUT2D eigenvalue weighted by Gasteiger charge is 2.36. The van der Waals surface area contributed by atoms with Gasteiger partial charge in [-0.2, -0.15) is 0 Å². The van der Waals surface area contributed by atoms with Crippen LogP contribution in [0.4, 0.5) is 0 Å². The average molecular weight is 294 g/mol. The molecule has 0 heterocycles. The molecule has 1 aromatic carbocycles. The van der Waals surface area contributed by atoms with E-state index in [2.05, 4.69) is 17.4 Å². The summed E-state index contributed by atoms with van der Waals surface area (Å²) >= 11 is 6.25. The van der Waals surface area contributed by atoms with Crippen molar-refractivity contribution in [1.29, 1.82) is 0 Å². The van der Waals surface area contributed by atoms with Crippen LogP contribution in [-0.4, -0.2) is 24.3 Å². The Morgan fingerprint density at radius 1 is 1.20 bits per heavy atom. The van der Waals surface area contributed by atoms with Gasteiger partial charge in [0.2, 0.25) is 0 Å². The van der Waals surface area contributed by atoms with Crippen LogP contribution >= 0.6 is 11.6 Å². The SMILES string of the molecule is OCC1(CNC2CC(c3ccccc3Cl)C2)CCCC1. The third-order valence-electron chi connectivity index (χ3n) is 5.25. The topological polar surface area (TPSA) is 32.3 Å². The first-order valence-electron chi connectivity index (χ1n) is 7.81. The Bertz CT molecular complexity index is 450. The number of nitrogens with one attached hydrogen (secondary N) is 1. The largest absolute Gasteiger partial charge is 0.396 e. The Morgan fingerprint density at radius 3 is 2.55 bits per heavy atom. The van der Waals surface area contributed by atoms with Gasteiger partial charge in [0.25, 0.3) is 0 Å². The first kappa shape index (κ1) is 14.4. The molecule has 3 heteroatoms. The first-order valence-corrected chi connectivity index (χ1v) is 8.19. The minimum Gasteiger partial charge on any atom is -0.396 e. The molecule has 2 aliphatic carbocycles. The number of hydrogen-bond donors (Lipinski definition) is 2. The zero-order valence-corrected chi connectivity index (χ0v) is 12.7. The second-order valence-corrected chi connectivity index (χ2v) is 7.04. The maximum Gasteiger partial charge on any atom is 0.0499 e. The molecule has 2 nitrogen and oxygen atoms in total. The van der Waals surface area contributed by atoms with Gasteiger partial charge in [-0.25, -0.2) is 0 Å². The van der Waals surface area contributed by atoms with Crippen molar-refractivity contribution in [2.24, 2.45) is 5.41 Å². The van der Waals surface area contributed by atoms with Crippen molar-refractivity contribution < 1.29 is 5.11 Å². The van der Waals surface area contributed by atoms with Crippen molar-refractivity contribution >= 4 is 11.6 Å². The Hall–Kier alpha value is -0.570. The second-order valence-electron chi connectivity index (χ2n) is 6.63. The van der Waals surface area contributed by atoms with Crippen LogP contribution in [0.25, 0.3) is 0 Å². The van der Waals surface area contributed by atoms with Crippen LogP contribution < -0.4 is 5.32 Å². The minimum absolute atomic E-state index is 0.162. The van der Waals surface area contributed by atoms with E-state index < -0.39 is 0 Å². The Balaban J connectivity index is 1.48. The predicted octanol–water partition coefficient (Wildman–Crippen LogP) is 3.73. The van der Waals surface area contributed by atoms with Gasteiger partial charge in [0, 0.05) is 29.6 Å². The van der Waals surface area contributed by atoms with Crippen LogP contribution in [0.1, 0.15) is 50.0 Å². The lowest BCUT2D eigenvalue weighted by Gasteiger charge is -2.39. The van der Waals surface area contributed by atoms with Crippen molar-refractivity contribution in [3.05, 3.63) is 34.9 Å². The van der Waals surface area contributed by atoms with Gasteiger partial charge in [-0.1, -0.05) is 42.6 Å². The quantitative estimate of drug-likeness (QED) is 0.867. The minimum atomic E-state index is 0.162. The van der Waals surface area contributed by atoms with Gasteiger partial charge in [-0.15, -0.1) is 0 Å². The molecular formula is C17H24ClNO. The molecule has 2 N–H and O–H groups in total. The summed E-state index contributed by atoms with van der Waals surface area (Å²) in [5.41, 5.74) is 1.46. The molecular weight excluding hydrogens is 270 g/mol. The molecule has 0 unspecified atom stereocenters. The number of rotatable bonds is 5. The molecule has 2 fully saturated rings. The molecule has 110 valence electrons. The van der Waals surface area contributed by atoms with E-state index in [0.717, 1.165) is 11.6 Å². The summed E-state index contributed by atoms with van der Waals surface area (Å²) in [5, 5.41) is 14.2. The van der Waals surface area contributed by atoms with E-state index in [0.29, 0.717) is 18.6 Å². The van der Waals surface area contributed by atoms with Gasteiger partial charge in [-0.05, 0) is 43.2 Å². The van der Waals surface area contributed by atoms with E-state index in [4.69, 9.17) is 11.6 Å². The highest BCUT2D eigenvalue weighted by molar-refractivity contribution is 6.31. The predicted molar refractivity (Wildman–Crippen MR) is 83.2 cm³/mol. The molecule has 0 bridgehead atoms. The normalized spacial score (nSPS) is 28.3. The van der Waals surface area contributed by atoms with E-state index in [1.807, 2.05) is 12.1 Å². The summed E-state index contributed by atoms with van der Waals surface area (Å²) in [7, 11) is 0. The van der Waals surface area contributed by atoms with Crippen LogP contribution in [0.15, 0.2) is 24.3 Å². The summed E-state index contributed by atoms with van der Waals surface area (Å²) in [6, 6.07) is 8.79. The van der Waals surface area contributed by atoms with Gasteiger partial charge in [0.15, 0.2) is 0 Å². The number of benzene rings is 1. The molecule has 0 aromatic heterocycles. The van der Waals surface area contributed by atoms with Gasteiger partial charge in [-0.3, -0.25) is 0 Å². The summed E-state index contributed by atoms with van der Waals surface area (Å²) in [5.74, 6) is 0.606. The number of aliphatic hydroxyl groups excluding tert-OH is 1. The van der Waals surface area contributed by atoms with Gasteiger partial charge >= 0.3 is 0 Å². The van der Waals surface area contributed by atoms with Crippen molar-refractivity contribution in [3.63, 3.8) is 0 Å². The van der Waals surface area contributed by atoms with Gasteiger partial charge in [0.05, 0.1) is 0 Å². The molecule has 0 aliphatic heterocycles. The zero-order chi connectivity index (χ0) is 14.0. The molecule has 2 saturated carbocycles. The smallest absolute Gasteiger partial charge is 0.0499 e. The molecule has 1 aromatic rings. The monoisotopic (exact) mass is 293 g/mol. The fourth-order valence-electron chi connectivity index (χ4n) is 3.72. The second kappa shape index (κ2) is 6.05. The van der Waals surface area contributed by atoms with Crippen molar-refractivity contribution in [2.45, 2.75) is 50.5 Å². The average Bonchev–Trinajstić information content (AvgIpc) is 2.88. The van der Waals surface area contributed by atoms with E-state index in [1.54, 1.807) is 0 Å². The molecule has 20 heavy (non-hydrogen) atoms. The maximum absolute atomic E-state index is 9.63. The fourth-order valence-corrected chi connectivity index (χ4v) is 4.01. The number of aliphatic hydroxyl groups is 1. The van der Waals surface area contributed by atoms with Crippen LogP contribution in [0.3, 0.4) is 0 Å². The zero-order valence-electron chi connectivity index (χ0n) is 11.9.